The third-order valence-electron chi connectivity index (χ3n) is 4.95. The number of aliphatic hydroxyl groups excluding tert-OH is 1. The lowest BCUT2D eigenvalue weighted by Crippen LogP contribution is -2.68. The monoisotopic (exact) mass is 371 g/mol. The van der Waals surface area contributed by atoms with Gasteiger partial charge in [-0.1, -0.05) is 13.8 Å². The number of aliphatic hydroxyl groups is 1. The van der Waals surface area contributed by atoms with Crippen molar-refractivity contribution in [2.75, 3.05) is 78.7 Å². The fourth-order valence-corrected chi connectivity index (χ4v) is 3.71. The second kappa shape index (κ2) is 11.2. The Kier molecular flexibility index (Phi) is 9.24. The minimum Gasteiger partial charge on any atom is -0.465 e. The topological polar surface area (TPSA) is 89.1 Å². The highest BCUT2D eigenvalue weighted by Crippen LogP contribution is 2.15. The molecule has 0 aromatic rings. The van der Waals surface area contributed by atoms with Crippen molar-refractivity contribution >= 4 is 5.97 Å². The molecule has 152 valence electrons. The van der Waals surface area contributed by atoms with Gasteiger partial charge in [0.05, 0.1) is 18.7 Å². The van der Waals surface area contributed by atoms with Crippen molar-refractivity contribution < 1.29 is 14.6 Å². The van der Waals surface area contributed by atoms with Crippen LogP contribution in [0.15, 0.2) is 0 Å². The maximum absolute atomic E-state index is 12.0. The van der Waals surface area contributed by atoms with Gasteiger partial charge in [-0.25, -0.2) is 0 Å². The summed E-state index contributed by atoms with van der Waals surface area (Å²) >= 11 is 0. The number of hydrogen-bond acceptors (Lipinski definition) is 8. The first-order valence-electron chi connectivity index (χ1n) is 9.93. The molecule has 8 nitrogen and oxygen atoms in total. The maximum atomic E-state index is 12.0. The van der Waals surface area contributed by atoms with Gasteiger partial charge in [0, 0.05) is 78.0 Å². The van der Waals surface area contributed by atoms with Crippen LogP contribution >= 0.6 is 0 Å². The van der Waals surface area contributed by atoms with Crippen molar-refractivity contribution in [3.05, 3.63) is 0 Å². The molecule has 0 aromatic carbocycles. The summed E-state index contributed by atoms with van der Waals surface area (Å²) in [4.78, 5) is 16.7. The van der Waals surface area contributed by atoms with E-state index in [1.807, 2.05) is 0 Å². The average molecular weight is 372 g/mol. The van der Waals surface area contributed by atoms with Crippen LogP contribution in [-0.4, -0.2) is 111 Å². The number of nitrogens with zero attached hydrogens (tertiary/aromatic N) is 2. The molecule has 2 fully saturated rings. The van der Waals surface area contributed by atoms with Crippen LogP contribution in [0.4, 0.5) is 0 Å². The van der Waals surface area contributed by atoms with E-state index in [0.717, 1.165) is 58.9 Å². The van der Waals surface area contributed by atoms with Gasteiger partial charge in [-0.2, -0.15) is 0 Å². The number of esters is 1. The first kappa shape index (κ1) is 21.5. The van der Waals surface area contributed by atoms with Gasteiger partial charge in [-0.3, -0.25) is 14.6 Å². The van der Waals surface area contributed by atoms with E-state index in [2.05, 4.69) is 39.6 Å². The van der Waals surface area contributed by atoms with Crippen molar-refractivity contribution in [2.24, 2.45) is 0 Å². The third kappa shape index (κ3) is 7.46. The molecule has 0 amide bonds. The van der Waals surface area contributed by atoms with Gasteiger partial charge in [0.15, 0.2) is 0 Å². The molecule has 26 heavy (non-hydrogen) atoms. The zero-order valence-corrected chi connectivity index (χ0v) is 16.4. The molecule has 2 heterocycles. The van der Waals surface area contributed by atoms with Crippen molar-refractivity contribution in [1.29, 1.82) is 0 Å². The second-order valence-corrected chi connectivity index (χ2v) is 7.78. The van der Waals surface area contributed by atoms with Crippen molar-refractivity contribution in [3.8, 4) is 0 Å². The fourth-order valence-electron chi connectivity index (χ4n) is 3.71. The molecule has 1 unspecified atom stereocenters. The Morgan fingerprint density at radius 3 is 2.81 bits per heavy atom. The zero-order valence-electron chi connectivity index (χ0n) is 16.4. The summed E-state index contributed by atoms with van der Waals surface area (Å²) in [5.41, 5.74) is -0.0298. The van der Waals surface area contributed by atoms with E-state index < -0.39 is 0 Å². The van der Waals surface area contributed by atoms with Gasteiger partial charge < -0.3 is 25.8 Å². The predicted octanol–water partition coefficient (Wildman–Crippen LogP) is -1.54. The van der Waals surface area contributed by atoms with Crippen molar-refractivity contribution in [1.82, 2.24) is 25.8 Å². The Morgan fingerprint density at radius 1 is 1.27 bits per heavy atom. The summed E-state index contributed by atoms with van der Waals surface area (Å²) in [6, 6.07) is 0.513. The van der Waals surface area contributed by atoms with E-state index in [-0.39, 0.29) is 18.1 Å². The van der Waals surface area contributed by atoms with Crippen LogP contribution in [0.1, 0.15) is 20.3 Å². The van der Waals surface area contributed by atoms with Gasteiger partial charge in [0.25, 0.3) is 0 Å². The van der Waals surface area contributed by atoms with Crippen molar-refractivity contribution in [3.63, 3.8) is 0 Å². The fraction of sp³-hybridized carbons (Fsp3) is 0.944. The van der Waals surface area contributed by atoms with Crippen LogP contribution in [0.5, 0.6) is 0 Å². The smallest absolute Gasteiger partial charge is 0.320 e. The highest BCUT2D eigenvalue weighted by atomic mass is 16.5. The molecule has 2 aliphatic rings. The van der Waals surface area contributed by atoms with Gasteiger partial charge in [-0.05, 0) is 0 Å². The minimum absolute atomic E-state index is 0.0298. The number of ether oxygens (including phenoxy) is 1. The second-order valence-electron chi connectivity index (χ2n) is 7.78. The molecule has 8 heteroatoms. The molecule has 0 bridgehead atoms. The van der Waals surface area contributed by atoms with E-state index in [1.54, 1.807) is 0 Å². The standard InChI is InChI=1S/C18H37N5O3/c1-16(2)20-5-8-22-9-6-21-18(14-22)13-19-4-7-23(15-18)12-17(25)26-11-3-10-24/h16,19-21,24H,3-15H2,1-2H3. The highest BCUT2D eigenvalue weighted by Gasteiger charge is 2.38. The number of piperazine rings is 1. The number of carbonyl (C=O) groups excluding carboxylic acids is 1. The van der Waals surface area contributed by atoms with E-state index in [1.165, 1.54) is 0 Å². The van der Waals surface area contributed by atoms with Crippen LogP contribution in [0.3, 0.4) is 0 Å². The molecular formula is C18H37N5O3. The highest BCUT2D eigenvalue weighted by molar-refractivity contribution is 5.71. The number of hydrogen-bond donors (Lipinski definition) is 4. The lowest BCUT2D eigenvalue weighted by atomic mass is 9.95. The first-order valence-corrected chi connectivity index (χ1v) is 9.93. The van der Waals surface area contributed by atoms with Gasteiger partial charge in [-0.15, -0.1) is 0 Å². The third-order valence-corrected chi connectivity index (χ3v) is 4.95. The minimum atomic E-state index is -0.204. The lowest BCUT2D eigenvalue weighted by Gasteiger charge is -2.45. The molecule has 2 aliphatic heterocycles. The summed E-state index contributed by atoms with van der Waals surface area (Å²) in [5, 5.41) is 19.5. The van der Waals surface area contributed by atoms with Crippen LogP contribution in [-0.2, 0) is 9.53 Å². The number of carbonyl (C=O) groups is 1. The van der Waals surface area contributed by atoms with E-state index in [4.69, 9.17) is 9.84 Å². The van der Waals surface area contributed by atoms with E-state index >= 15 is 0 Å². The summed E-state index contributed by atoms with van der Waals surface area (Å²) in [7, 11) is 0. The molecule has 1 spiro atoms. The van der Waals surface area contributed by atoms with Gasteiger partial charge >= 0.3 is 5.97 Å². The van der Waals surface area contributed by atoms with E-state index in [0.29, 0.717) is 25.6 Å². The van der Waals surface area contributed by atoms with Gasteiger partial charge in [0.2, 0.25) is 0 Å². The molecule has 0 aromatic heterocycles. The Bertz CT molecular complexity index is 424. The molecule has 0 radical (unpaired) electrons. The normalized spacial score (nSPS) is 25.5. The average Bonchev–Trinajstić information content (AvgIpc) is 2.77. The van der Waals surface area contributed by atoms with Crippen molar-refractivity contribution in [2.45, 2.75) is 31.8 Å². The number of rotatable bonds is 9. The van der Waals surface area contributed by atoms with Crippen LogP contribution < -0.4 is 16.0 Å². The Morgan fingerprint density at radius 2 is 2.04 bits per heavy atom. The molecule has 2 rings (SSSR count). The predicted molar refractivity (Wildman–Crippen MR) is 102 cm³/mol. The zero-order chi connectivity index (χ0) is 18.8. The molecule has 2 saturated heterocycles. The summed E-state index contributed by atoms with van der Waals surface area (Å²) < 4.78 is 5.20. The number of nitrogens with one attached hydrogen (secondary N) is 3. The molecule has 4 N–H and O–H groups in total. The van der Waals surface area contributed by atoms with E-state index in [9.17, 15) is 4.79 Å². The Balaban J connectivity index is 1.84. The first-order chi connectivity index (χ1) is 12.5. The summed E-state index contributed by atoms with van der Waals surface area (Å²) in [6.07, 6.45) is 0.498. The molecular weight excluding hydrogens is 334 g/mol. The largest absolute Gasteiger partial charge is 0.465 e. The quantitative estimate of drug-likeness (QED) is 0.287. The maximum Gasteiger partial charge on any atom is 0.320 e. The van der Waals surface area contributed by atoms with Gasteiger partial charge in [0.1, 0.15) is 0 Å². The molecule has 0 aliphatic carbocycles. The Hall–Kier alpha value is -0.770. The summed E-state index contributed by atoms with van der Waals surface area (Å²) in [6.45, 7) is 13.5. The SMILES string of the molecule is CC(C)NCCN1CCNC2(CNCCN(CC(=O)OCCCO)C2)C1. The van der Waals surface area contributed by atoms with Crippen LogP contribution in [0, 0.1) is 0 Å². The molecule has 0 saturated carbocycles. The summed E-state index contributed by atoms with van der Waals surface area (Å²) in [5.74, 6) is -0.204. The molecule has 1 atom stereocenters. The van der Waals surface area contributed by atoms with Crippen LogP contribution in [0.25, 0.3) is 0 Å². The van der Waals surface area contributed by atoms with Crippen LogP contribution in [0.2, 0.25) is 0 Å². The lowest BCUT2D eigenvalue weighted by molar-refractivity contribution is -0.145. The Labute approximate surface area is 157 Å².